The van der Waals surface area contributed by atoms with Gasteiger partial charge in [-0.15, -0.1) is 0 Å². The van der Waals surface area contributed by atoms with Gasteiger partial charge >= 0.3 is 0 Å². The number of hydrogen-bond donors (Lipinski definition) is 1. The molecule has 94 valence electrons. The van der Waals surface area contributed by atoms with Crippen molar-refractivity contribution in [3.05, 3.63) is 11.4 Å². The molecule has 1 saturated heterocycles. The molecule has 17 heavy (non-hydrogen) atoms. The Morgan fingerprint density at radius 3 is 2.59 bits per heavy atom. The number of hydrogen-bond acceptors (Lipinski definition) is 4. The molecule has 0 aromatic carbocycles. The number of nitrogens with two attached hydrogens (primary N) is 1. The van der Waals surface area contributed by atoms with Crippen LogP contribution < -0.4 is 10.6 Å². The molecule has 2 heterocycles. The molecular formula is C13H22N4. The normalized spacial score (nSPS) is 18.7. The second kappa shape index (κ2) is 4.17. The molecule has 0 aliphatic carbocycles. The summed E-state index contributed by atoms with van der Waals surface area (Å²) >= 11 is 0. The van der Waals surface area contributed by atoms with E-state index in [1.165, 1.54) is 6.42 Å². The highest BCUT2D eigenvalue weighted by molar-refractivity contribution is 5.57. The minimum Gasteiger partial charge on any atom is -0.383 e. The standard InChI is InChI=1S/C13H22N4/c1-5-10-15-11(14)9(2)12(16-10)17-7-6-13(3,4)8-17/h5-8H2,1-4H3,(H2,14,15,16). The largest absolute Gasteiger partial charge is 0.383 e. The van der Waals surface area contributed by atoms with Crippen molar-refractivity contribution in [2.75, 3.05) is 23.7 Å². The molecule has 0 spiro atoms. The number of rotatable bonds is 2. The molecule has 4 nitrogen and oxygen atoms in total. The SMILES string of the molecule is CCc1nc(N)c(C)c(N2CCC(C)(C)C2)n1. The van der Waals surface area contributed by atoms with Gasteiger partial charge in [0.25, 0.3) is 0 Å². The van der Waals surface area contributed by atoms with Crippen LogP contribution in [0.15, 0.2) is 0 Å². The van der Waals surface area contributed by atoms with E-state index in [9.17, 15) is 0 Å². The first kappa shape index (κ1) is 12.1. The number of nitrogens with zero attached hydrogens (tertiary/aromatic N) is 3. The van der Waals surface area contributed by atoms with Crippen LogP contribution in [-0.4, -0.2) is 23.1 Å². The van der Waals surface area contributed by atoms with Crippen LogP contribution in [0, 0.1) is 12.3 Å². The quantitative estimate of drug-likeness (QED) is 0.852. The minimum atomic E-state index is 0.374. The first-order valence-corrected chi connectivity index (χ1v) is 6.31. The molecule has 1 aromatic heterocycles. The van der Waals surface area contributed by atoms with Crippen LogP contribution in [0.5, 0.6) is 0 Å². The summed E-state index contributed by atoms with van der Waals surface area (Å²) in [4.78, 5) is 11.3. The Bertz CT molecular complexity index is 426. The molecule has 2 N–H and O–H groups in total. The van der Waals surface area contributed by atoms with E-state index in [1.54, 1.807) is 0 Å². The molecule has 1 aliphatic heterocycles. The van der Waals surface area contributed by atoms with Crippen LogP contribution in [0.3, 0.4) is 0 Å². The second-order valence-corrected chi connectivity index (χ2v) is 5.66. The Labute approximate surface area is 103 Å². The predicted octanol–water partition coefficient (Wildman–Crippen LogP) is 2.17. The van der Waals surface area contributed by atoms with Crippen LogP contribution in [0.25, 0.3) is 0 Å². The van der Waals surface area contributed by atoms with Gasteiger partial charge in [-0.25, -0.2) is 9.97 Å². The highest BCUT2D eigenvalue weighted by Crippen LogP contribution is 2.33. The van der Waals surface area contributed by atoms with Gasteiger partial charge in [0.1, 0.15) is 17.5 Å². The summed E-state index contributed by atoms with van der Waals surface area (Å²) in [6, 6.07) is 0. The average molecular weight is 234 g/mol. The maximum atomic E-state index is 5.95. The molecule has 1 aromatic rings. The fourth-order valence-electron chi connectivity index (χ4n) is 2.33. The maximum Gasteiger partial charge on any atom is 0.137 e. The van der Waals surface area contributed by atoms with Gasteiger partial charge in [-0.3, -0.25) is 0 Å². The summed E-state index contributed by atoms with van der Waals surface area (Å²) < 4.78 is 0. The summed E-state index contributed by atoms with van der Waals surface area (Å²) in [6.07, 6.45) is 2.03. The summed E-state index contributed by atoms with van der Waals surface area (Å²) in [7, 11) is 0. The molecule has 1 fully saturated rings. The van der Waals surface area contributed by atoms with Crippen molar-refractivity contribution in [2.24, 2.45) is 5.41 Å². The molecule has 2 rings (SSSR count). The van der Waals surface area contributed by atoms with Crippen LogP contribution in [0.1, 0.15) is 38.6 Å². The minimum absolute atomic E-state index is 0.374. The van der Waals surface area contributed by atoms with Gasteiger partial charge in [0.2, 0.25) is 0 Å². The molecule has 1 aliphatic rings. The zero-order chi connectivity index (χ0) is 12.6. The molecule has 0 atom stereocenters. The van der Waals surface area contributed by atoms with Gasteiger partial charge in [-0.05, 0) is 18.8 Å². The van der Waals surface area contributed by atoms with Crippen molar-refractivity contribution in [3.63, 3.8) is 0 Å². The van der Waals surface area contributed by atoms with Crippen molar-refractivity contribution in [1.82, 2.24) is 9.97 Å². The lowest BCUT2D eigenvalue weighted by molar-refractivity contribution is 0.418. The van der Waals surface area contributed by atoms with Crippen LogP contribution in [-0.2, 0) is 6.42 Å². The van der Waals surface area contributed by atoms with E-state index >= 15 is 0 Å². The van der Waals surface area contributed by atoms with Crippen LogP contribution in [0.2, 0.25) is 0 Å². The molecule has 0 radical (unpaired) electrons. The Morgan fingerprint density at radius 2 is 2.06 bits per heavy atom. The van der Waals surface area contributed by atoms with Gasteiger partial charge in [-0.2, -0.15) is 0 Å². The van der Waals surface area contributed by atoms with Gasteiger partial charge in [-0.1, -0.05) is 20.8 Å². The Morgan fingerprint density at radius 1 is 1.35 bits per heavy atom. The topological polar surface area (TPSA) is 55.0 Å². The fraction of sp³-hybridized carbons (Fsp3) is 0.692. The summed E-state index contributed by atoms with van der Waals surface area (Å²) in [5.74, 6) is 2.49. The van der Waals surface area contributed by atoms with Crippen molar-refractivity contribution < 1.29 is 0 Å². The van der Waals surface area contributed by atoms with Crippen LogP contribution in [0.4, 0.5) is 11.6 Å². The first-order chi connectivity index (χ1) is 7.93. The average Bonchev–Trinajstić information content (AvgIpc) is 2.62. The lowest BCUT2D eigenvalue weighted by Gasteiger charge is -2.23. The smallest absolute Gasteiger partial charge is 0.137 e. The Hall–Kier alpha value is -1.32. The number of aryl methyl sites for hydroxylation is 1. The van der Waals surface area contributed by atoms with E-state index in [0.29, 0.717) is 11.2 Å². The van der Waals surface area contributed by atoms with E-state index in [0.717, 1.165) is 36.7 Å². The van der Waals surface area contributed by atoms with Crippen molar-refractivity contribution in [1.29, 1.82) is 0 Å². The summed E-state index contributed by atoms with van der Waals surface area (Å²) in [5, 5.41) is 0. The third-order valence-corrected chi connectivity index (χ3v) is 3.50. The number of anilines is 2. The van der Waals surface area contributed by atoms with Gasteiger partial charge in [0.05, 0.1) is 0 Å². The Kier molecular flexibility index (Phi) is 2.98. The third-order valence-electron chi connectivity index (χ3n) is 3.50. The maximum absolute atomic E-state index is 5.95. The zero-order valence-corrected chi connectivity index (χ0v) is 11.2. The van der Waals surface area contributed by atoms with E-state index in [4.69, 9.17) is 5.73 Å². The van der Waals surface area contributed by atoms with Gasteiger partial charge in [0.15, 0.2) is 0 Å². The zero-order valence-electron chi connectivity index (χ0n) is 11.2. The van der Waals surface area contributed by atoms with Crippen molar-refractivity contribution in [3.8, 4) is 0 Å². The molecule has 0 unspecified atom stereocenters. The van der Waals surface area contributed by atoms with E-state index < -0.39 is 0 Å². The molecule has 0 saturated carbocycles. The molecular weight excluding hydrogens is 212 g/mol. The van der Waals surface area contributed by atoms with E-state index in [-0.39, 0.29) is 0 Å². The first-order valence-electron chi connectivity index (χ1n) is 6.31. The number of aromatic nitrogens is 2. The fourth-order valence-corrected chi connectivity index (χ4v) is 2.33. The molecule has 0 bridgehead atoms. The lowest BCUT2D eigenvalue weighted by Crippen LogP contribution is -2.25. The highest BCUT2D eigenvalue weighted by Gasteiger charge is 2.31. The summed E-state index contributed by atoms with van der Waals surface area (Å²) in [5.41, 5.74) is 7.34. The van der Waals surface area contributed by atoms with Crippen LogP contribution >= 0.6 is 0 Å². The van der Waals surface area contributed by atoms with Gasteiger partial charge < -0.3 is 10.6 Å². The highest BCUT2D eigenvalue weighted by atomic mass is 15.2. The van der Waals surface area contributed by atoms with Gasteiger partial charge in [0, 0.05) is 25.1 Å². The van der Waals surface area contributed by atoms with E-state index in [2.05, 4.69) is 35.6 Å². The van der Waals surface area contributed by atoms with Crippen molar-refractivity contribution >= 4 is 11.6 Å². The third kappa shape index (κ3) is 2.35. The second-order valence-electron chi connectivity index (χ2n) is 5.66. The number of nitrogen functional groups attached to an aromatic ring is 1. The molecule has 4 heteroatoms. The van der Waals surface area contributed by atoms with Crippen molar-refractivity contribution in [2.45, 2.75) is 40.5 Å². The lowest BCUT2D eigenvalue weighted by atomic mass is 9.93. The molecule has 0 amide bonds. The predicted molar refractivity (Wildman–Crippen MR) is 71.2 cm³/mol. The van der Waals surface area contributed by atoms with E-state index in [1.807, 2.05) is 6.92 Å². The monoisotopic (exact) mass is 234 g/mol. The Balaban J connectivity index is 2.35. The summed E-state index contributed by atoms with van der Waals surface area (Å²) in [6.45, 7) is 10.8.